The van der Waals surface area contributed by atoms with Crippen LogP contribution in [0.15, 0.2) is 60.4 Å². The van der Waals surface area contributed by atoms with E-state index in [1.54, 1.807) is 7.11 Å². The van der Waals surface area contributed by atoms with Crippen molar-refractivity contribution in [3.8, 4) is 10.4 Å². The van der Waals surface area contributed by atoms with Crippen LogP contribution in [0.3, 0.4) is 0 Å². The molecular weight excluding hydrogens is 360 g/mol. The van der Waals surface area contributed by atoms with Crippen molar-refractivity contribution >= 4 is 21.4 Å². The number of hydrogen-bond donors (Lipinski definition) is 0. The van der Waals surface area contributed by atoms with E-state index >= 15 is 0 Å². The summed E-state index contributed by atoms with van der Waals surface area (Å²) in [6.07, 6.45) is 4.49. The third kappa shape index (κ3) is 3.75. The third-order valence-electron chi connectivity index (χ3n) is 6.26. The molecule has 0 fully saturated rings. The van der Waals surface area contributed by atoms with Crippen molar-refractivity contribution in [2.24, 2.45) is 0 Å². The molecule has 3 rings (SSSR count). The van der Waals surface area contributed by atoms with Crippen LogP contribution < -0.4 is 0 Å². The van der Waals surface area contributed by atoms with Crippen LogP contribution in [0.5, 0.6) is 0 Å². The number of fused-ring (bicyclic) bond motifs is 1. The maximum absolute atomic E-state index is 5.41. The average molecular weight is 393 g/mol. The summed E-state index contributed by atoms with van der Waals surface area (Å²) in [4.78, 5) is 1.43. The van der Waals surface area contributed by atoms with Crippen molar-refractivity contribution in [3.05, 3.63) is 71.5 Å². The molecule has 2 heteroatoms. The molecule has 0 saturated carbocycles. The summed E-state index contributed by atoms with van der Waals surface area (Å²) in [6.45, 7) is 11.3. The van der Waals surface area contributed by atoms with Crippen molar-refractivity contribution in [1.82, 2.24) is 0 Å². The SMILES string of the molecule is CCC(C)(CC)c1c(-c2ccccc2[C@H](C)/C=C(/C)OC)sc2ccccc12. The number of ether oxygens (including phenoxy) is 1. The highest BCUT2D eigenvalue weighted by atomic mass is 32.1. The molecule has 0 amide bonds. The van der Waals surface area contributed by atoms with Gasteiger partial charge in [0.25, 0.3) is 0 Å². The number of benzene rings is 2. The van der Waals surface area contributed by atoms with Crippen LogP contribution in [0.2, 0.25) is 0 Å². The molecule has 0 aliphatic rings. The molecule has 3 aromatic rings. The fourth-order valence-electron chi connectivity index (χ4n) is 4.05. The van der Waals surface area contributed by atoms with Gasteiger partial charge in [0.2, 0.25) is 0 Å². The summed E-state index contributed by atoms with van der Waals surface area (Å²) >= 11 is 1.94. The molecule has 0 unspecified atom stereocenters. The van der Waals surface area contributed by atoms with Crippen molar-refractivity contribution < 1.29 is 4.74 Å². The number of methoxy groups -OCH3 is 1. The summed E-state index contributed by atoms with van der Waals surface area (Å²) in [5, 5.41) is 1.42. The molecule has 0 aliphatic carbocycles. The lowest BCUT2D eigenvalue weighted by atomic mass is 9.75. The molecule has 0 aliphatic heterocycles. The van der Waals surface area contributed by atoms with Gasteiger partial charge >= 0.3 is 0 Å². The smallest absolute Gasteiger partial charge is 0.0890 e. The molecule has 1 heterocycles. The van der Waals surface area contributed by atoms with E-state index in [9.17, 15) is 0 Å². The minimum absolute atomic E-state index is 0.170. The highest BCUT2D eigenvalue weighted by molar-refractivity contribution is 7.22. The van der Waals surface area contributed by atoms with Crippen molar-refractivity contribution in [2.45, 2.75) is 58.8 Å². The van der Waals surface area contributed by atoms with E-state index < -0.39 is 0 Å². The summed E-state index contributed by atoms with van der Waals surface area (Å²) in [5.41, 5.74) is 4.41. The number of rotatable bonds is 7. The van der Waals surface area contributed by atoms with Crippen molar-refractivity contribution in [3.63, 3.8) is 0 Å². The van der Waals surface area contributed by atoms with E-state index in [0.717, 1.165) is 18.6 Å². The molecular formula is C26H32OS. The summed E-state index contributed by atoms with van der Waals surface area (Å²) in [5.74, 6) is 1.26. The molecule has 2 aromatic carbocycles. The molecule has 0 bridgehead atoms. The van der Waals surface area contributed by atoms with Crippen LogP contribution in [0.4, 0.5) is 0 Å². The second-order valence-electron chi connectivity index (χ2n) is 7.93. The van der Waals surface area contributed by atoms with Gasteiger partial charge in [0.05, 0.1) is 12.9 Å². The second kappa shape index (κ2) is 8.53. The third-order valence-corrected chi connectivity index (χ3v) is 7.47. The summed E-state index contributed by atoms with van der Waals surface area (Å²) in [7, 11) is 1.74. The van der Waals surface area contributed by atoms with Crippen molar-refractivity contribution in [2.75, 3.05) is 7.11 Å². The Bertz CT molecular complexity index is 975. The van der Waals surface area contributed by atoms with Gasteiger partial charge in [-0.05, 0) is 59.4 Å². The molecule has 0 radical (unpaired) electrons. The first kappa shape index (κ1) is 20.7. The van der Waals surface area contributed by atoms with Crippen LogP contribution in [-0.4, -0.2) is 7.11 Å². The zero-order valence-electron chi connectivity index (χ0n) is 18.0. The topological polar surface area (TPSA) is 9.23 Å². The lowest BCUT2D eigenvalue weighted by Crippen LogP contribution is -2.20. The Labute approximate surface area is 174 Å². The number of hydrogen-bond acceptors (Lipinski definition) is 2. The van der Waals surface area contributed by atoms with Gasteiger partial charge in [0.1, 0.15) is 0 Å². The zero-order valence-corrected chi connectivity index (χ0v) is 18.8. The normalized spacial score (nSPS) is 13.7. The maximum atomic E-state index is 5.41. The molecule has 28 heavy (non-hydrogen) atoms. The Morgan fingerprint density at radius 3 is 2.39 bits per heavy atom. The van der Waals surface area contributed by atoms with Gasteiger partial charge in [0, 0.05) is 15.5 Å². The van der Waals surface area contributed by atoms with Gasteiger partial charge < -0.3 is 4.74 Å². The lowest BCUT2D eigenvalue weighted by molar-refractivity contribution is 0.291. The summed E-state index contributed by atoms with van der Waals surface area (Å²) < 4.78 is 6.79. The highest BCUT2D eigenvalue weighted by Crippen LogP contribution is 2.48. The minimum Gasteiger partial charge on any atom is -0.502 e. The second-order valence-corrected chi connectivity index (χ2v) is 8.98. The van der Waals surface area contributed by atoms with Gasteiger partial charge in [-0.2, -0.15) is 0 Å². The Kier molecular flexibility index (Phi) is 6.30. The van der Waals surface area contributed by atoms with E-state index in [2.05, 4.69) is 82.3 Å². The van der Waals surface area contributed by atoms with Crippen LogP contribution in [0.25, 0.3) is 20.5 Å². The molecule has 1 nitrogen and oxygen atoms in total. The Morgan fingerprint density at radius 2 is 1.71 bits per heavy atom. The maximum Gasteiger partial charge on any atom is 0.0890 e. The van der Waals surface area contributed by atoms with Crippen molar-refractivity contribution in [1.29, 1.82) is 0 Å². The van der Waals surface area contributed by atoms with Gasteiger partial charge in [-0.1, -0.05) is 70.2 Å². The lowest BCUT2D eigenvalue weighted by Gasteiger charge is -2.29. The van der Waals surface area contributed by atoms with E-state index in [1.807, 2.05) is 18.3 Å². The minimum atomic E-state index is 0.170. The molecule has 148 valence electrons. The van der Waals surface area contributed by atoms with Gasteiger partial charge in [0.15, 0.2) is 0 Å². The first-order valence-corrected chi connectivity index (χ1v) is 11.1. The standard InChI is InChI=1S/C26H32OS/c1-7-26(5,8-2)24-22-15-11-12-16-23(22)28-25(24)21-14-10-9-13-20(21)18(3)17-19(4)27-6/h9-18H,7-8H2,1-6H3/b19-17-/t18-/m1/s1. The van der Waals surface area contributed by atoms with Gasteiger partial charge in [-0.25, -0.2) is 0 Å². The molecule has 0 N–H and O–H groups in total. The average Bonchev–Trinajstić information content (AvgIpc) is 3.13. The Hall–Kier alpha value is -2.06. The quantitative estimate of drug-likeness (QED) is 0.367. The van der Waals surface area contributed by atoms with Crippen LogP contribution in [0.1, 0.15) is 64.5 Å². The van der Waals surface area contributed by atoms with E-state index in [-0.39, 0.29) is 5.41 Å². The predicted octanol–water partition coefficient (Wildman–Crippen LogP) is 8.30. The molecule has 1 aromatic heterocycles. The fraction of sp³-hybridized carbons (Fsp3) is 0.385. The number of thiophene rings is 1. The van der Waals surface area contributed by atoms with E-state index in [1.165, 1.54) is 31.7 Å². The van der Waals surface area contributed by atoms with E-state index in [4.69, 9.17) is 4.74 Å². The van der Waals surface area contributed by atoms with Crippen LogP contribution in [0, 0.1) is 0 Å². The zero-order chi connectivity index (χ0) is 20.3. The van der Waals surface area contributed by atoms with Gasteiger partial charge in [-0.15, -0.1) is 11.3 Å². The fourth-order valence-corrected chi connectivity index (χ4v) is 5.45. The monoisotopic (exact) mass is 392 g/mol. The molecule has 0 spiro atoms. The molecule has 1 atom stereocenters. The Morgan fingerprint density at radius 1 is 1.07 bits per heavy atom. The highest BCUT2D eigenvalue weighted by Gasteiger charge is 2.30. The summed E-state index contributed by atoms with van der Waals surface area (Å²) in [6, 6.07) is 17.8. The van der Waals surface area contributed by atoms with Crippen LogP contribution in [-0.2, 0) is 10.2 Å². The number of allylic oxidation sites excluding steroid dienone is 2. The molecule has 0 saturated heterocycles. The van der Waals surface area contributed by atoms with Gasteiger partial charge in [-0.3, -0.25) is 0 Å². The van der Waals surface area contributed by atoms with E-state index in [0.29, 0.717) is 5.92 Å². The first-order valence-electron chi connectivity index (χ1n) is 10.3. The van der Waals surface area contributed by atoms with Crippen LogP contribution >= 0.6 is 11.3 Å². The predicted molar refractivity (Wildman–Crippen MR) is 124 cm³/mol. The largest absolute Gasteiger partial charge is 0.502 e. The Balaban J connectivity index is 2.29. The first-order chi connectivity index (χ1) is 13.4.